The van der Waals surface area contributed by atoms with E-state index >= 15 is 0 Å². The summed E-state index contributed by atoms with van der Waals surface area (Å²) < 4.78 is 5.67. The van der Waals surface area contributed by atoms with Gasteiger partial charge in [0.2, 0.25) is 0 Å². The minimum atomic E-state index is -0.831. The highest BCUT2D eigenvalue weighted by Gasteiger charge is 2.01. The van der Waals surface area contributed by atoms with Gasteiger partial charge < -0.3 is 9.84 Å². The smallest absolute Gasteiger partial charge is 0.307 e. The van der Waals surface area contributed by atoms with E-state index in [0.29, 0.717) is 5.75 Å². The Balaban J connectivity index is 2.08. The van der Waals surface area contributed by atoms with E-state index < -0.39 is 5.97 Å². The summed E-state index contributed by atoms with van der Waals surface area (Å²) in [5, 5.41) is 8.67. The lowest BCUT2D eigenvalue weighted by Crippen LogP contribution is -1.99. The molecule has 0 spiro atoms. The molecule has 2 aromatic carbocycles. The minimum Gasteiger partial charge on any atom is -0.481 e. The highest BCUT2D eigenvalue weighted by atomic mass is 16.5. The molecule has 2 rings (SSSR count). The number of hydrogen-bond donors (Lipinski definition) is 1. The maximum atomic E-state index is 10.6. The van der Waals surface area contributed by atoms with Gasteiger partial charge >= 0.3 is 5.97 Å². The number of aryl methyl sites for hydroxylation is 1. The molecule has 0 bridgehead atoms. The molecule has 2 aromatic rings. The maximum absolute atomic E-state index is 10.6. The second-order valence-corrected chi connectivity index (χ2v) is 4.13. The largest absolute Gasteiger partial charge is 0.481 e. The van der Waals surface area contributed by atoms with Crippen molar-refractivity contribution in [2.75, 3.05) is 0 Å². The molecule has 0 heterocycles. The summed E-state index contributed by atoms with van der Waals surface area (Å²) in [6.45, 7) is 2.00. The third-order valence-electron chi connectivity index (χ3n) is 2.50. The zero-order valence-electron chi connectivity index (χ0n) is 10.1. The third-order valence-corrected chi connectivity index (χ3v) is 2.50. The average Bonchev–Trinajstić information content (AvgIpc) is 2.31. The second kappa shape index (κ2) is 5.36. The SMILES string of the molecule is Cc1cccc(Oc2ccc(CC(=O)O)cc2)c1. The van der Waals surface area contributed by atoms with Crippen LogP contribution in [0.1, 0.15) is 11.1 Å². The van der Waals surface area contributed by atoms with Gasteiger partial charge in [-0.3, -0.25) is 4.79 Å². The third kappa shape index (κ3) is 3.35. The first-order chi connectivity index (χ1) is 8.63. The quantitative estimate of drug-likeness (QED) is 0.893. The zero-order valence-corrected chi connectivity index (χ0v) is 10.1. The van der Waals surface area contributed by atoms with Crippen molar-refractivity contribution in [2.45, 2.75) is 13.3 Å². The molecule has 0 aliphatic rings. The van der Waals surface area contributed by atoms with E-state index in [1.165, 1.54) is 0 Å². The van der Waals surface area contributed by atoms with Gasteiger partial charge in [0.25, 0.3) is 0 Å². The van der Waals surface area contributed by atoms with Gasteiger partial charge in [-0.2, -0.15) is 0 Å². The van der Waals surface area contributed by atoms with Crippen molar-refractivity contribution < 1.29 is 14.6 Å². The average molecular weight is 242 g/mol. The van der Waals surface area contributed by atoms with Crippen molar-refractivity contribution in [3.05, 3.63) is 59.7 Å². The number of aliphatic carboxylic acids is 1. The molecule has 1 N–H and O–H groups in total. The number of carboxylic acid groups (broad SMARTS) is 1. The summed E-state index contributed by atoms with van der Waals surface area (Å²) in [5.41, 5.74) is 1.90. The molecule has 18 heavy (non-hydrogen) atoms. The lowest BCUT2D eigenvalue weighted by Gasteiger charge is -2.06. The van der Waals surface area contributed by atoms with E-state index in [9.17, 15) is 4.79 Å². The van der Waals surface area contributed by atoms with E-state index in [0.717, 1.165) is 16.9 Å². The van der Waals surface area contributed by atoms with Gasteiger partial charge in [0.05, 0.1) is 6.42 Å². The standard InChI is InChI=1S/C15H14O3/c1-11-3-2-4-14(9-11)18-13-7-5-12(6-8-13)10-15(16)17/h2-9H,10H2,1H3,(H,16,17). The Labute approximate surface area is 106 Å². The predicted octanol–water partition coefficient (Wildman–Crippen LogP) is 3.41. The van der Waals surface area contributed by atoms with E-state index in [1.54, 1.807) is 24.3 Å². The molecule has 0 saturated carbocycles. The van der Waals surface area contributed by atoms with Crippen LogP contribution in [0.4, 0.5) is 0 Å². The Hall–Kier alpha value is -2.29. The predicted molar refractivity (Wildman–Crippen MR) is 69.0 cm³/mol. The molecule has 0 unspecified atom stereocenters. The lowest BCUT2D eigenvalue weighted by molar-refractivity contribution is -0.136. The van der Waals surface area contributed by atoms with E-state index in [2.05, 4.69) is 0 Å². The first kappa shape index (κ1) is 12.2. The molecule has 0 fully saturated rings. The van der Waals surface area contributed by atoms with Crippen LogP contribution in [-0.4, -0.2) is 11.1 Å². The molecule has 0 aliphatic heterocycles. The van der Waals surface area contributed by atoms with Crippen LogP contribution in [0.2, 0.25) is 0 Å². The van der Waals surface area contributed by atoms with E-state index in [4.69, 9.17) is 9.84 Å². The Kier molecular flexibility index (Phi) is 3.63. The van der Waals surface area contributed by atoms with E-state index in [-0.39, 0.29) is 6.42 Å². The first-order valence-corrected chi connectivity index (χ1v) is 5.69. The molecule has 0 radical (unpaired) electrons. The van der Waals surface area contributed by atoms with Crippen LogP contribution in [0.25, 0.3) is 0 Å². The van der Waals surface area contributed by atoms with E-state index in [1.807, 2.05) is 31.2 Å². The van der Waals surface area contributed by atoms with Crippen LogP contribution in [0.15, 0.2) is 48.5 Å². The number of ether oxygens (including phenoxy) is 1. The van der Waals surface area contributed by atoms with Crippen molar-refractivity contribution in [3.63, 3.8) is 0 Å². The van der Waals surface area contributed by atoms with Crippen LogP contribution in [0, 0.1) is 6.92 Å². The number of benzene rings is 2. The highest BCUT2D eigenvalue weighted by molar-refractivity contribution is 5.70. The van der Waals surface area contributed by atoms with Gasteiger partial charge in [-0.1, -0.05) is 24.3 Å². The van der Waals surface area contributed by atoms with Crippen LogP contribution < -0.4 is 4.74 Å². The molecule has 0 amide bonds. The molecule has 0 aromatic heterocycles. The summed E-state index contributed by atoms with van der Waals surface area (Å²) in [6.07, 6.45) is 0.0325. The Morgan fingerprint density at radius 2 is 1.83 bits per heavy atom. The second-order valence-electron chi connectivity index (χ2n) is 4.13. The maximum Gasteiger partial charge on any atom is 0.307 e. The number of rotatable bonds is 4. The van der Waals surface area contributed by atoms with Gasteiger partial charge in [0.1, 0.15) is 11.5 Å². The number of hydrogen-bond acceptors (Lipinski definition) is 2. The summed E-state index contributed by atoms with van der Waals surface area (Å²) in [7, 11) is 0. The van der Waals surface area contributed by atoms with Gasteiger partial charge in [0, 0.05) is 0 Å². The summed E-state index contributed by atoms with van der Waals surface area (Å²) in [4.78, 5) is 10.6. The molecule has 3 heteroatoms. The first-order valence-electron chi connectivity index (χ1n) is 5.69. The molecule has 0 saturated heterocycles. The summed E-state index contributed by atoms with van der Waals surface area (Å²) in [6, 6.07) is 14.9. The Morgan fingerprint density at radius 1 is 1.11 bits per heavy atom. The highest BCUT2D eigenvalue weighted by Crippen LogP contribution is 2.22. The van der Waals surface area contributed by atoms with Crippen molar-refractivity contribution in [3.8, 4) is 11.5 Å². The fourth-order valence-corrected chi connectivity index (χ4v) is 1.66. The Morgan fingerprint density at radius 3 is 2.44 bits per heavy atom. The minimum absolute atomic E-state index is 0.0325. The molecule has 0 aliphatic carbocycles. The van der Waals surface area contributed by atoms with Gasteiger partial charge in [0.15, 0.2) is 0 Å². The van der Waals surface area contributed by atoms with Crippen molar-refractivity contribution in [2.24, 2.45) is 0 Å². The zero-order chi connectivity index (χ0) is 13.0. The lowest BCUT2D eigenvalue weighted by atomic mass is 10.1. The van der Waals surface area contributed by atoms with Gasteiger partial charge in [-0.15, -0.1) is 0 Å². The normalized spacial score (nSPS) is 10.1. The molecular weight excluding hydrogens is 228 g/mol. The van der Waals surface area contributed by atoms with Gasteiger partial charge in [-0.25, -0.2) is 0 Å². The van der Waals surface area contributed by atoms with Crippen LogP contribution in [0.5, 0.6) is 11.5 Å². The monoisotopic (exact) mass is 242 g/mol. The van der Waals surface area contributed by atoms with Crippen molar-refractivity contribution >= 4 is 5.97 Å². The topological polar surface area (TPSA) is 46.5 Å². The molecule has 0 atom stereocenters. The number of carboxylic acids is 1. The number of carbonyl (C=O) groups is 1. The van der Waals surface area contributed by atoms with Gasteiger partial charge in [-0.05, 0) is 42.3 Å². The summed E-state index contributed by atoms with van der Waals surface area (Å²) in [5.74, 6) is 0.651. The fourth-order valence-electron chi connectivity index (χ4n) is 1.66. The Bertz CT molecular complexity index is 544. The fraction of sp³-hybridized carbons (Fsp3) is 0.133. The molecule has 3 nitrogen and oxygen atoms in total. The van der Waals surface area contributed by atoms with Crippen molar-refractivity contribution in [1.29, 1.82) is 0 Å². The molecule has 92 valence electrons. The van der Waals surface area contributed by atoms with Crippen LogP contribution in [-0.2, 0) is 11.2 Å². The van der Waals surface area contributed by atoms with Crippen LogP contribution in [0.3, 0.4) is 0 Å². The summed E-state index contributed by atoms with van der Waals surface area (Å²) >= 11 is 0. The van der Waals surface area contributed by atoms with Crippen molar-refractivity contribution in [1.82, 2.24) is 0 Å². The molecular formula is C15H14O3. The van der Waals surface area contributed by atoms with Crippen LogP contribution >= 0.6 is 0 Å².